The number of rotatable bonds is 8. The van der Waals surface area contributed by atoms with Gasteiger partial charge in [-0.2, -0.15) is 0 Å². The lowest BCUT2D eigenvalue weighted by Gasteiger charge is -2.14. The smallest absolute Gasteiger partial charge is 0.340 e. The second-order valence-electron chi connectivity index (χ2n) is 7.06. The van der Waals surface area contributed by atoms with Gasteiger partial charge in [0.15, 0.2) is 6.61 Å². The van der Waals surface area contributed by atoms with Crippen LogP contribution in [0.1, 0.15) is 39.1 Å². The zero-order valence-corrected chi connectivity index (χ0v) is 17.2. The number of carbonyl (C=O) groups excluding carboxylic acids is 3. The Balaban J connectivity index is 1.53. The van der Waals surface area contributed by atoms with Gasteiger partial charge in [0.1, 0.15) is 0 Å². The third kappa shape index (κ3) is 6.27. The number of benzene rings is 3. The van der Waals surface area contributed by atoms with E-state index in [4.69, 9.17) is 4.74 Å². The van der Waals surface area contributed by atoms with Gasteiger partial charge >= 0.3 is 5.97 Å². The van der Waals surface area contributed by atoms with Crippen molar-refractivity contribution < 1.29 is 19.1 Å². The lowest BCUT2D eigenvalue weighted by atomic mass is 10.0. The van der Waals surface area contributed by atoms with Gasteiger partial charge in [-0.05, 0) is 35.7 Å². The summed E-state index contributed by atoms with van der Waals surface area (Å²) in [6, 6.07) is 25.0. The van der Waals surface area contributed by atoms with Crippen LogP contribution >= 0.6 is 0 Å². The summed E-state index contributed by atoms with van der Waals surface area (Å²) in [6.45, 7) is 2.04. The number of hydrogen-bond donors (Lipinski definition) is 2. The van der Waals surface area contributed by atoms with Crippen LogP contribution in [0, 0.1) is 0 Å². The molecule has 1 atom stereocenters. The lowest BCUT2D eigenvalue weighted by molar-refractivity contribution is -0.124. The Morgan fingerprint density at radius 2 is 1.45 bits per heavy atom. The minimum atomic E-state index is -0.685. The normalized spacial score (nSPS) is 11.3. The summed E-state index contributed by atoms with van der Waals surface area (Å²) in [7, 11) is 0. The van der Waals surface area contributed by atoms with Gasteiger partial charge < -0.3 is 15.4 Å². The van der Waals surface area contributed by atoms with Crippen LogP contribution in [-0.4, -0.2) is 30.9 Å². The molecule has 2 N–H and O–H groups in total. The molecule has 0 fully saturated rings. The fourth-order valence-corrected chi connectivity index (χ4v) is 2.98. The molecule has 0 saturated heterocycles. The first-order chi connectivity index (χ1) is 15.0. The molecule has 6 heteroatoms. The van der Waals surface area contributed by atoms with Gasteiger partial charge in [-0.25, -0.2) is 4.79 Å². The summed E-state index contributed by atoms with van der Waals surface area (Å²) in [4.78, 5) is 37.0. The Morgan fingerprint density at radius 3 is 2.16 bits per heavy atom. The van der Waals surface area contributed by atoms with Gasteiger partial charge in [-0.3, -0.25) is 9.59 Å². The molecule has 0 aromatic heterocycles. The van der Waals surface area contributed by atoms with Crippen LogP contribution in [0.15, 0.2) is 84.9 Å². The van der Waals surface area contributed by atoms with E-state index < -0.39 is 12.6 Å². The molecule has 0 unspecified atom stereocenters. The largest absolute Gasteiger partial charge is 0.452 e. The van der Waals surface area contributed by atoms with Crippen LogP contribution < -0.4 is 10.6 Å². The van der Waals surface area contributed by atoms with Crippen molar-refractivity contribution in [1.82, 2.24) is 5.32 Å². The predicted molar refractivity (Wildman–Crippen MR) is 119 cm³/mol. The predicted octanol–water partition coefficient (Wildman–Crippen LogP) is 4.02. The molecule has 0 radical (unpaired) electrons. The SMILES string of the molecule is C[C@@H](CNC(=O)COC(=O)c1ccccc1NC(=O)c1ccccc1)c1ccccc1. The summed E-state index contributed by atoms with van der Waals surface area (Å²) in [5, 5.41) is 5.48. The molecule has 0 aliphatic heterocycles. The third-order valence-corrected chi connectivity index (χ3v) is 4.74. The second kappa shape index (κ2) is 10.7. The van der Waals surface area contributed by atoms with E-state index in [1.165, 1.54) is 0 Å². The van der Waals surface area contributed by atoms with Crippen molar-refractivity contribution in [2.75, 3.05) is 18.5 Å². The highest BCUT2D eigenvalue weighted by Crippen LogP contribution is 2.18. The van der Waals surface area contributed by atoms with Crippen molar-refractivity contribution in [2.45, 2.75) is 12.8 Å². The van der Waals surface area contributed by atoms with Crippen LogP contribution in [0.5, 0.6) is 0 Å². The maximum absolute atomic E-state index is 12.5. The third-order valence-electron chi connectivity index (χ3n) is 4.74. The highest BCUT2D eigenvalue weighted by molar-refractivity contribution is 6.08. The van der Waals surface area contributed by atoms with Crippen molar-refractivity contribution in [3.63, 3.8) is 0 Å². The molecule has 6 nitrogen and oxygen atoms in total. The highest BCUT2D eigenvalue weighted by Gasteiger charge is 2.17. The fraction of sp³-hybridized carbons (Fsp3) is 0.160. The summed E-state index contributed by atoms with van der Waals surface area (Å²) in [5.74, 6) is -1.28. The standard InChI is InChI=1S/C25H24N2O4/c1-18(19-10-4-2-5-11-19)16-26-23(28)17-31-25(30)21-14-8-9-15-22(21)27-24(29)20-12-6-3-7-13-20/h2-15,18H,16-17H2,1H3,(H,26,28)(H,27,29)/t18-/m0/s1. The van der Waals surface area contributed by atoms with E-state index >= 15 is 0 Å². The first kappa shape index (κ1) is 21.8. The zero-order valence-electron chi connectivity index (χ0n) is 17.2. The van der Waals surface area contributed by atoms with Crippen LogP contribution in [0.25, 0.3) is 0 Å². The summed E-state index contributed by atoms with van der Waals surface area (Å²) < 4.78 is 5.15. The van der Waals surface area contributed by atoms with Gasteiger partial charge in [0.05, 0.1) is 11.3 Å². The van der Waals surface area contributed by atoms with E-state index in [1.54, 1.807) is 48.5 Å². The lowest BCUT2D eigenvalue weighted by Crippen LogP contribution is -2.31. The van der Waals surface area contributed by atoms with Crippen molar-refractivity contribution in [3.05, 3.63) is 102 Å². The molecule has 31 heavy (non-hydrogen) atoms. The van der Waals surface area contributed by atoms with Crippen LogP contribution in [0.3, 0.4) is 0 Å². The van der Waals surface area contributed by atoms with Crippen LogP contribution in [0.4, 0.5) is 5.69 Å². The quantitative estimate of drug-likeness (QED) is 0.544. The number of esters is 1. The van der Waals surface area contributed by atoms with Crippen molar-refractivity contribution >= 4 is 23.5 Å². The average Bonchev–Trinajstić information content (AvgIpc) is 2.82. The van der Waals surface area contributed by atoms with E-state index in [9.17, 15) is 14.4 Å². The first-order valence-corrected chi connectivity index (χ1v) is 9.99. The van der Waals surface area contributed by atoms with E-state index in [-0.39, 0.29) is 23.3 Å². The molecule has 3 aromatic rings. The molecule has 0 saturated carbocycles. The number of amides is 2. The van der Waals surface area contributed by atoms with Crippen molar-refractivity contribution in [1.29, 1.82) is 0 Å². The fourth-order valence-electron chi connectivity index (χ4n) is 2.98. The number of carbonyl (C=O) groups is 3. The average molecular weight is 416 g/mol. The molecule has 0 aliphatic rings. The van der Waals surface area contributed by atoms with E-state index in [1.807, 2.05) is 43.3 Å². The number of anilines is 1. The Hall–Kier alpha value is -3.93. The Morgan fingerprint density at radius 1 is 0.839 bits per heavy atom. The van der Waals surface area contributed by atoms with Gasteiger partial charge in [0, 0.05) is 12.1 Å². The molecule has 3 rings (SSSR count). The minimum absolute atomic E-state index is 0.134. The van der Waals surface area contributed by atoms with Crippen molar-refractivity contribution in [3.8, 4) is 0 Å². The van der Waals surface area contributed by atoms with Gasteiger partial charge in [0.2, 0.25) is 0 Å². The maximum Gasteiger partial charge on any atom is 0.340 e. The Kier molecular flexibility index (Phi) is 7.54. The summed E-state index contributed by atoms with van der Waals surface area (Å²) in [6.07, 6.45) is 0. The van der Waals surface area contributed by atoms with E-state index in [0.717, 1.165) is 5.56 Å². The molecule has 2 amide bonds. The van der Waals surface area contributed by atoms with Crippen LogP contribution in [-0.2, 0) is 9.53 Å². The number of nitrogens with one attached hydrogen (secondary N) is 2. The zero-order chi connectivity index (χ0) is 22.1. The highest BCUT2D eigenvalue weighted by atomic mass is 16.5. The molecule has 0 bridgehead atoms. The van der Waals surface area contributed by atoms with Crippen LogP contribution in [0.2, 0.25) is 0 Å². The number of hydrogen-bond acceptors (Lipinski definition) is 4. The van der Waals surface area contributed by atoms with Crippen molar-refractivity contribution in [2.24, 2.45) is 0 Å². The van der Waals surface area contributed by atoms with Gasteiger partial charge in [-0.15, -0.1) is 0 Å². The molecular formula is C25H24N2O4. The molecule has 0 aliphatic carbocycles. The number of para-hydroxylation sites is 1. The molecule has 158 valence electrons. The maximum atomic E-state index is 12.5. The Bertz CT molecular complexity index is 1040. The second-order valence-corrected chi connectivity index (χ2v) is 7.06. The van der Waals surface area contributed by atoms with E-state index in [0.29, 0.717) is 17.8 Å². The topological polar surface area (TPSA) is 84.5 Å². The summed E-state index contributed by atoms with van der Waals surface area (Å²) in [5.41, 5.74) is 2.08. The molecule has 0 heterocycles. The van der Waals surface area contributed by atoms with Gasteiger partial charge in [-0.1, -0.05) is 67.6 Å². The van der Waals surface area contributed by atoms with Gasteiger partial charge in [0.25, 0.3) is 11.8 Å². The Labute approximate surface area is 181 Å². The first-order valence-electron chi connectivity index (χ1n) is 9.99. The minimum Gasteiger partial charge on any atom is -0.452 e. The van der Waals surface area contributed by atoms with E-state index in [2.05, 4.69) is 10.6 Å². The molecular weight excluding hydrogens is 392 g/mol. The molecule has 3 aromatic carbocycles. The number of ether oxygens (including phenoxy) is 1. The molecule has 0 spiro atoms. The summed E-state index contributed by atoms with van der Waals surface area (Å²) >= 11 is 0. The monoisotopic (exact) mass is 416 g/mol.